The molecule has 0 aromatic rings. The Kier molecular flexibility index (Phi) is 4.51. The number of hydrogen-bond donors (Lipinski definition) is 2. The third kappa shape index (κ3) is 4.10. The summed E-state index contributed by atoms with van der Waals surface area (Å²) in [6, 6.07) is 0. The molecule has 0 rings (SSSR count). The van der Waals surface area contributed by atoms with E-state index in [1.807, 2.05) is 0 Å². The van der Waals surface area contributed by atoms with Crippen molar-refractivity contribution in [3.63, 3.8) is 0 Å². The van der Waals surface area contributed by atoms with Crippen LogP contribution in [-0.4, -0.2) is 22.2 Å². The van der Waals surface area contributed by atoms with Crippen molar-refractivity contribution in [2.45, 2.75) is 20.3 Å². The lowest BCUT2D eigenvalue weighted by Gasteiger charge is -1.94. The smallest absolute Gasteiger partial charge is 0.331 e. The molecule has 0 radical (unpaired) electrons. The number of carbonyl (C=O) groups is 2. The van der Waals surface area contributed by atoms with E-state index >= 15 is 0 Å². The topological polar surface area (TPSA) is 74.6 Å². The van der Waals surface area contributed by atoms with Gasteiger partial charge in [0.15, 0.2) is 0 Å². The maximum Gasteiger partial charge on any atom is 0.331 e. The summed E-state index contributed by atoms with van der Waals surface area (Å²) in [6.45, 7) is 3.11. The molecule has 0 fully saturated rings. The Bertz CT molecular complexity index is 273. The first-order chi connectivity index (χ1) is 5.99. The summed E-state index contributed by atoms with van der Waals surface area (Å²) in [7, 11) is 0. The lowest BCUT2D eigenvalue weighted by molar-refractivity contribution is -0.133. The number of carboxylic acid groups (broad SMARTS) is 2. The average molecular weight is 184 g/mol. The van der Waals surface area contributed by atoms with Crippen LogP contribution < -0.4 is 0 Å². The molecule has 0 amide bonds. The van der Waals surface area contributed by atoms with Gasteiger partial charge in [-0.1, -0.05) is 19.1 Å². The summed E-state index contributed by atoms with van der Waals surface area (Å²) >= 11 is 0. The standard InChI is InChI=1S/C9H12O4/c1-3-7(9(12)13)5-4-6(2)8(10)11/h4-5H,3H2,1-2H3,(H,10,11)(H,12,13). The van der Waals surface area contributed by atoms with E-state index in [4.69, 9.17) is 10.2 Å². The molecule has 0 saturated carbocycles. The number of carboxylic acids is 2. The number of aliphatic carboxylic acids is 2. The Hall–Kier alpha value is -1.58. The minimum atomic E-state index is -1.04. The maximum absolute atomic E-state index is 10.5. The van der Waals surface area contributed by atoms with Crippen molar-refractivity contribution in [1.82, 2.24) is 0 Å². The molecule has 0 spiro atoms. The van der Waals surface area contributed by atoms with E-state index in [-0.39, 0.29) is 11.1 Å². The third-order valence-electron chi connectivity index (χ3n) is 1.53. The van der Waals surface area contributed by atoms with E-state index in [0.29, 0.717) is 6.42 Å². The summed E-state index contributed by atoms with van der Waals surface area (Å²) in [5.41, 5.74) is 0.313. The van der Waals surface area contributed by atoms with Gasteiger partial charge in [0.05, 0.1) is 0 Å². The van der Waals surface area contributed by atoms with E-state index in [2.05, 4.69) is 0 Å². The second-order valence-electron chi connectivity index (χ2n) is 2.51. The Morgan fingerprint density at radius 1 is 1.15 bits per heavy atom. The fraction of sp³-hybridized carbons (Fsp3) is 0.333. The highest BCUT2D eigenvalue weighted by molar-refractivity contribution is 5.89. The molecule has 0 atom stereocenters. The summed E-state index contributed by atoms with van der Waals surface area (Å²) in [5, 5.41) is 17.0. The molecule has 2 N–H and O–H groups in total. The van der Waals surface area contributed by atoms with Gasteiger partial charge < -0.3 is 10.2 Å². The molecule has 4 heteroatoms. The van der Waals surface area contributed by atoms with Crippen LogP contribution in [0.5, 0.6) is 0 Å². The zero-order valence-corrected chi connectivity index (χ0v) is 7.57. The summed E-state index contributed by atoms with van der Waals surface area (Å²) in [5.74, 6) is -2.06. The molecule has 0 bridgehead atoms. The zero-order chi connectivity index (χ0) is 10.4. The molecule has 0 saturated heterocycles. The average Bonchev–Trinajstić information content (AvgIpc) is 2.04. The quantitative estimate of drug-likeness (QED) is 0.512. The normalized spacial score (nSPS) is 12.8. The Morgan fingerprint density at radius 3 is 2.00 bits per heavy atom. The molecular formula is C9H12O4. The predicted molar refractivity (Wildman–Crippen MR) is 47.4 cm³/mol. The van der Waals surface area contributed by atoms with Gasteiger partial charge in [0, 0.05) is 11.1 Å². The summed E-state index contributed by atoms with van der Waals surface area (Å²) < 4.78 is 0. The molecule has 72 valence electrons. The van der Waals surface area contributed by atoms with Gasteiger partial charge >= 0.3 is 11.9 Å². The van der Waals surface area contributed by atoms with Gasteiger partial charge in [0.25, 0.3) is 0 Å². The molecule has 13 heavy (non-hydrogen) atoms. The summed E-state index contributed by atoms with van der Waals surface area (Å²) in [6.07, 6.45) is 2.97. The van der Waals surface area contributed by atoms with Gasteiger partial charge in [0.2, 0.25) is 0 Å². The molecule has 0 aromatic heterocycles. The van der Waals surface area contributed by atoms with Crippen molar-refractivity contribution in [2.75, 3.05) is 0 Å². The van der Waals surface area contributed by atoms with E-state index in [1.165, 1.54) is 19.1 Å². The van der Waals surface area contributed by atoms with Gasteiger partial charge in [-0.3, -0.25) is 0 Å². The molecule has 0 aliphatic rings. The monoisotopic (exact) mass is 184 g/mol. The molecule has 0 heterocycles. The maximum atomic E-state index is 10.5. The highest BCUT2D eigenvalue weighted by Crippen LogP contribution is 2.02. The fourth-order valence-electron chi connectivity index (χ4n) is 0.637. The first kappa shape index (κ1) is 11.4. The minimum Gasteiger partial charge on any atom is -0.478 e. The highest BCUT2D eigenvalue weighted by Gasteiger charge is 2.03. The van der Waals surface area contributed by atoms with Crippen molar-refractivity contribution in [3.8, 4) is 0 Å². The van der Waals surface area contributed by atoms with Gasteiger partial charge in [-0.25, -0.2) is 9.59 Å². The van der Waals surface area contributed by atoms with Crippen LogP contribution in [-0.2, 0) is 9.59 Å². The van der Waals surface area contributed by atoms with Crippen molar-refractivity contribution >= 4 is 11.9 Å². The molecule has 0 unspecified atom stereocenters. The van der Waals surface area contributed by atoms with Crippen LogP contribution in [0.1, 0.15) is 20.3 Å². The Morgan fingerprint density at radius 2 is 1.69 bits per heavy atom. The lowest BCUT2D eigenvalue weighted by Crippen LogP contribution is -1.99. The van der Waals surface area contributed by atoms with Gasteiger partial charge in [-0.05, 0) is 13.3 Å². The van der Waals surface area contributed by atoms with Gasteiger partial charge in [0.1, 0.15) is 0 Å². The first-order valence-corrected chi connectivity index (χ1v) is 3.83. The Balaban J connectivity index is 4.64. The molecule has 0 aromatic carbocycles. The van der Waals surface area contributed by atoms with E-state index in [9.17, 15) is 9.59 Å². The van der Waals surface area contributed by atoms with Crippen molar-refractivity contribution in [3.05, 3.63) is 23.3 Å². The van der Waals surface area contributed by atoms with Crippen LogP contribution in [0.25, 0.3) is 0 Å². The van der Waals surface area contributed by atoms with E-state index in [1.54, 1.807) is 6.92 Å². The van der Waals surface area contributed by atoms with Crippen molar-refractivity contribution in [1.29, 1.82) is 0 Å². The second kappa shape index (κ2) is 5.13. The number of hydrogen-bond acceptors (Lipinski definition) is 2. The van der Waals surface area contributed by atoms with Crippen molar-refractivity contribution in [2.24, 2.45) is 0 Å². The molecular weight excluding hydrogens is 172 g/mol. The fourth-order valence-corrected chi connectivity index (χ4v) is 0.637. The predicted octanol–water partition coefficient (Wildman–Crippen LogP) is 1.44. The second-order valence-corrected chi connectivity index (χ2v) is 2.51. The number of allylic oxidation sites excluding steroid dienone is 2. The van der Waals surface area contributed by atoms with Crippen LogP contribution in [0, 0.1) is 0 Å². The highest BCUT2D eigenvalue weighted by atomic mass is 16.4. The first-order valence-electron chi connectivity index (χ1n) is 3.83. The minimum absolute atomic E-state index is 0.118. The van der Waals surface area contributed by atoms with Gasteiger partial charge in [-0.2, -0.15) is 0 Å². The lowest BCUT2D eigenvalue weighted by atomic mass is 10.1. The van der Waals surface area contributed by atoms with Gasteiger partial charge in [-0.15, -0.1) is 0 Å². The van der Waals surface area contributed by atoms with Crippen LogP contribution >= 0.6 is 0 Å². The molecule has 0 aliphatic carbocycles. The van der Waals surface area contributed by atoms with Crippen LogP contribution in [0.15, 0.2) is 23.3 Å². The third-order valence-corrected chi connectivity index (χ3v) is 1.53. The van der Waals surface area contributed by atoms with Crippen LogP contribution in [0.3, 0.4) is 0 Å². The zero-order valence-electron chi connectivity index (χ0n) is 7.57. The number of rotatable bonds is 4. The van der Waals surface area contributed by atoms with Crippen LogP contribution in [0.4, 0.5) is 0 Å². The SMILES string of the molecule is CCC(=CC=C(C)C(=O)O)C(=O)O. The van der Waals surface area contributed by atoms with E-state index < -0.39 is 11.9 Å². The largest absolute Gasteiger partial charge is 0.478 e. The molecule has 0 aliphatic heterocycles. The Labute approximate surface area is 76.2 Å². The van der Waals surface area contributed by atoms with Crippen LogP contribution in [0.2, 0.25) is 0 Å². The summed E-state index contributed by atoms with van der Waals surface area (Å²) in [4.78, 5) is 20.8. The van der Waals surface area contributed by atoms with Crippen molar-refractivity contribution < 1.29 is 19.8 Å². The molecule has 4 nitrogen and oxygen atoms in total. The van der Waals surface area contributed by atoms with E-state index in [0.717, 1.165) is 0 Å².